The fourth-order valence-electron chi connectivity index (χ4n) is 1.55. The summed E-state index contributed by atoms with van der Waals surface area (Å²) in [5, 5.41) is 0. The van der Waals surface area contributed by atoms with E-state index in [1.165, 1.54) is 5.57 Å². The highest BCUT2D eigenvalue weighted by Crippen LogP contribution is 2.22. The highest BCUT2D eigenvalue weighted by atomic mass is 16.1. The molecule has 0 bridgehead atoms. The van der Waals surface area contributed by atoms with Gasteiger partial charge in [0.1, 0.15) is 11.6 Å². The van der Waals surface area contributed by atoms with Crippen LogP contribution in [-0.4, -0.2) is 11.6 Å². The summed E-state index contributed by atoms with van der Waals surface area (Å²) >= 11 is 0. The number of Topliss-reactive ketones (excluding diaryl/α,β-unsaturated/α-hetero) is 2. The van der Waals surface area contributed by atoms with Gasteiger partial charge in [0.15, 0.2) is 0 Å². The number of rotatable bonds is 2. The topological polar surface area (TPSA) is 34.1 Å². The van der Waals surface area contributed by atoms with Gasteiger partial charge in [-0.25, -0.2) is 0 Å². The predicted molar refractivity (Wildman–Crippen MR) is 51.4 cm³/mol. The highest BCUT2D eigenvalue weighted by Gasteiger charge is 2.25. The van der Waals surface area contributed by atoms with Gasteiger partial charge in [-0.2, -0.15) is 0 Å². The highest BCUT2D eigenvalue weighted by molar-refractivity contribution is 6.02. The van der Waals surface area contributed by atoms with Gasteiger partial charge in [-0.15, -0.1) is 0 Å². The van der Waals surface area contributed by atoms with Crippen molar-refractivity contribution >= 4 is 11.6 Å². The molecule has 0 radical (unpaired) electrons. The van der Waals surface area contributed by atoms with Gasteiger partial charge >= 0.3 is 0 Å². The van der Waals surface area contributed by atoms with Crippen LogP contribution in [0.4, 0.5) is 0 Å². The summed E-state index contributed by atoms with van der Waals surface area (Å²) < 4.78 is 0. The average Bonchev–Trinajstić information content (AvgIpc) is 2.02. The molecule has 72 valence electrons. The standard InChI is InChI=1S/C11H16O2/c1-8(2)3-4-9-5-6-10(12)7-11(9)13/h3,9H,4-7H2,1-2H3. The van der Waals surface area contributed by atoms with Crippen LogP contribution in [0, 0.1) is 5.92 Å². The molecule has 0 heterocycles. The van der Waals surface area contributed by atoms with Crippen molar-refractivity contribution in [1.29, 1.82) is 0 Å². The Morgan fingerprint density at radius 3 is 2.69 bits per heavy atom. The maximum Gasteiger partial charge on any atom is 0.143 e. The number of carbonyl (C=O) groups excluding carboxylic acids is 2. The summed E-state index contributed by atoms with van der Waals surface area (Å²) in [5.74, 6) is 0.347. The van der Waals surface area contributed by atoms with E-state index in [1.54, 1.807) is 0 Å². The molecule has 1 unspecified atom stereocenters. The summed E-state index contributed by atoms with van der Waals surface area (Å²) in [4.78, 5) is 22.3. The third kappa shape index (κ3) is 3.13. The second kappa shape index (κ2) is 4.35. The van der Waals surface area contributed by atoms with E-state index >= 15 is 0 Å². The van der Waals surface area contributed by atoms with Crippen LogP contribution in [0.3, 0.4) is 0 Å². The van der Waals surface area contributed by atoms with Crippen LogP contribution in [0.15, 0.2) is 11.6 Å². The van der Waals surface area contributed by atoms with Gasteiger partial charge in [0.05, 0.1) is 6.42 Å². The first-order chi connectivity index (χ1) is 6.09. The van der Waals surface area contributed by atoms with Gasteiger partial charge in [-0.1, -0.05) is 11.6 Å². The molecular weight excluding hydrogens is 164 g/mol. The number of carbonyl (C=O) groups is 2. The minimum Gasteiger partial charge on any atom is -0.299 e. The molecule has 1 rings (SSSR count). The summed E-state index contributed by atoms with van der Waals surface area (Å²) in [6, 6.07) is 0. The molecule has 0 amide bonds. The average molecular weight is 180 g/mol. The van der Waals surface area contributed by atoms with E-state index in [0.29, 0.717) is 6.42 Å². The minimum atomic E-state index is 0.104. The Kier molecular flexibility index (Phi) is 3.40. The van der Waals surface area contributed by atoms with Gasteiger partial charge in [0.2, 0.25) is 0 Å². The summed E-state index contributed by atoms with van der Waals surface area (Å²) in [7, 11) is 0. The number of hydrogen-bond acceptors (Lipinski definition) is 2. The van der Waals surface area contributed by atoms with E-state index in [0.717, 1.165) is 12.8 Å². The van der Waals surface area contributed by atoms with Crippen molar-refractivity contribution in [3.63, 3.8) is 0 Å². The fraction of sp³-hybridized carbons (Fsp3) is 0.636. The second-order valence-electron chi connectivity index (χ2n) is 3.93. The molecule has 1 saturated carbocycles. The molecule has 0 spiro atoms. The molecule has 0 aromatic heterocycles. The molecule has 1 aliphatic carbocycles. The van der Waals surface area contributed by atoms with Crippen molar-refractivity contribution in [2.24, 2.45) is 5.92 Å². The summed E-state index contributed by atoms with van der Waals surface area (Å²) in [6.45, 7) is 4.05. The van der Waals surface area contributed by atoms with Gasteiger partial charge < -0.3 is 0 Å². The summed E-state index contributed by atoms with van der Waals surface area (Å²) in [6.07, 6.45) is 4.41. The van der Waals surface area contributed by atoms with Gasteiger partial charge in [0, 0.05) is 12.3 Å². The first kappa shape index (κ1) is 10.2. The zero-order valence-corrected chi connectivity index (χ0v) is 8.30. The minimum absolute atomic E-state index is 0.104. The molecule has 2 heteroatoms. The van der Waals surface area contributed by atoms with Gasteiger partial charge in [-0.3, -0.25) is 9.59 Å². The molecular formula is C11H16O2. The molecule has 0 saturated heterocycles. The molecule has 13 heavy (non-hydrogen) atoms. The normalized spacial score (nSPS) is 23.1. The van der Waals surface area contributed by atoms with Crippen LogP contribution in [-0.2, 0) is 9.59 Å². The quantitative estimate of drug-likeness (QED) is 0.482. The second-order valence-corrected chi connectivity index (χ2v) is 3.93. The van der Waals surface area contributed by atoms with Crippen LogP contribution >= 0.6 is 0 Å². The largest absolute Gasteiger partial charge is 0.299 e. The Hall–Kier alpha value is -0.920. The maximum atomic E-state index is 11.4. The summed E-state index contributed by atoms with van der Waals surface area (Å²) in [5.41, 5.74) is 1.24. The van der Waals surface area contributed by atoms with E-state index in [4.69, 9.17) is 0 Å². The van der Waals surface area contributed by atoms with Crippen LogP contribution in [0.5, 0.6) is 0 Å². The van der Waals surface area contributed by atoms with Crippen LogP contribution in [0.1, 0.15) is 39.5 Å². The van der Waals surface area contributed by atoms with Gasteiger partial charge in [-0.05, 0) is 26.7 Å². The maximum absolute atomic E-state index is 11.4. The Labute approximate surface area is 79.0 Å². The fourth-order valence-corrected chi connectivity index (χ4v) is 1.55. The van der Waals surface area contributed by atoms with E-state index in [-0.39, 0.29) is 23.9 Å². The molecule has 1 fully saturated rings. The lowest BCUT2D eigenvalue weighted by molar-refractivity contribution is -0.132. The SMILES string of the molecule is CC(C)=CCC1CCC(=O)CC1=O. The number of ketones is 2. The predicted octanol–water partition coefficient (Wildman–Crippen LogP) is 2.28. The first-order valence-electron chi connectivity index (χ1n) is 4.77. The number of allylic oxidation sites excluding steroid dienone is 2. The molecule has 1 atom stereocenters. The monoisotopic (exact) mass is 180 g/mol. The molecule has 1 aliphatic rings. The third-order valence-electron chi connectivity index (χ3n) is 2.41. The lowest BCUT2D eigenvalue weighted by Crippen LogP contribution is -2.24. The Morgan fingerprint density at radius 1 is 1.46 bits per heavy atom. The zero-order chi connectivity index (χ0) is 9.84. The smallest absolute Gasteiger partial charge is 0.143 e. The Bertz CT molecular complexity index is 247. The molecule has 0 aromatic carbocycles. The molecule has 0 aromatic rings. The Morgan fingerprint density at radius 2 is 2.15 bits per heavy atom. The molecule has 0 aliphatic heterocycles. The van der Waals surface area contributed by atoms with E-state index in [1.807, 2.05) is 13.8 Å². The van der Waals surface area contributed by atoms with E-state index in [9.17, 15) is 9.59 Å². The zero-order valence-electron chi connectivity index (χ0n) is 8.30. The van der Waals surface area contributed by atoms with Crippen molar-refractivity contribution in [1.82, 2.24) is 0 Å². The number of hydrogen-bond donors (Lipinski definition) is 0. The molecule has 0 N–H and O–H groups in total. The van der Waals surface area contributed by atoms with Crippen LogP contribution in [0.2, 0.25) is 0 Å². The van der Waals surface area contributed by atoms with Crippen LogP contribution in [0.25, 0.3) is 0 Å². The lowest BCUT2D eigenvalue weighted by atomic mass is 9.85. The van der Waals surface area contributed by atoms with Crippen molar-refractivity contribution < 1.29 is 9.59 Å². The third-order valence-corrected chi connectivity index (χ3v) is 2.41. The van der Waals surface area contributed by atoms with Crippen molar-refractivity contribution in [3.05, 3.63) is 11.6 Å². The first-order valence-corrected chi connectivity index (χ1v) is 4.77. The molecule has 2 nitrogen and oxygen atoms in total. The van der Waals surface area contributed by atoms with Gasteiger partial charge in [0.25, 0.3) is 0 Å². The van der Waals surface area contributed by atoms with E-state index < -0.39 is 0 Å². The Balaban J connectivity index is 2.47. The van der Waals surface area contributed by atoms with Crippen molar-refractivity contribution in [2.75, 3.05) is 0 Å². The van der Waals surface area contributed by atoms with Crippen molar-refractivity contribution in [3.8, 4) is 0 Å². The lowest BCUT2D eigenvalue weighted by Gasteiger charge is -2.18. The van der Waals surface area contributed by atoms with Crippen LogP contribution < -0.4 is 0 Å². The van der Waals surface area contributed by atoms with E-state index in [2.05, 4.69) is 6.08 Å². The van der Waals surface area contributed by atoms with Crippen molar-refractivity contribution in [2.45, 2.75) is 39.5 Å².